The summed E-state index contributed by atoms with van der Waals surface area (Å²) in [5.74, 6) is 0. The van der Waals surface area contributed by atoms with E-state index in [0.29, 0.717) is 0 Å². The molecule has 0 saturated heterocycles. The molecule has 2 aromatic heterocycles. The van der Waals surface area contributed by atoms with Gasteiger partial charge in [0.1, 0.15) is 5.01 Å². The lowest BCUT2D eigenvalue weighted by molar-refractivity contribution is 0.731. The van der Waals surface area contributed by atoms with E-state index in [0.717, 1.165) is 38.9 Å². The fourth-order valence-corrected chi connectivity index (χ4v) is 3.11. The van der Waals surface area contributed by atoms with Crippen LogP contribution in [-0.2, 0) is 7.05 Å². The lowest BCUT2D eigenvalue weighted by atomic mass is 10.1. The lowest BCUT2D eigenvalue weighted by Gasteiger charge is -1.98. The van der Waals surface area contributed by atoms with E-state index >= 15 is 0 Å². The quantitative estimate of drug-likeness (QED) is 0.734. The van der Waals surface area contributed by atoms with Crippen LogP contribution in [0.2, 0.25) is 0 Å². The molecular formula is C15H16N4S. The summed E-state index contributed by atoms with van der Waals surface area (Å²) < 4.78 is 1.90. The molecule has 0 aliphatic heterocycles. The van der Waals surface area contributed by atoms with Crippen molar-refractivity contribution in [2.45, 2.75) is 13.8 Å². The van der Waals surface area contributed by atoms with Crippen molar-refractivity contribution in [1.82, 2.24) is 14.8 Å². The second-order valence-corrected chi connectivity index (χ2v) is 5.69. The highest BCUT2D eigenvalue weighted by molar-refractivity contribution is 7.13. The molecule has 3 rings (SSSR count). The number of hydrogen-bond acceptors (Lipinski definition) is 4. The van der Waals surface area contributed by atoms with Gasteiger partial charge in [-0.3, -0.25) is 4.68 Å². The number of nitrogen functional groups attached to an aromatic ring is 1. The summed E-state index contributed by atoms with van der Waals surface area (Å²) in [6.07, 6.45) is 0. The summed E-state index contributed by atoms with van der Waals surface area (Å²) in [6, 6.07) is 7.80. The predicted molar refractivity (Wildman–Crippen MR) is 83.6 cm³/mol. The summed E-state index contributed by atoms with van der Waals surface area (Å²) in [4.78, 5) is 4.74. The molecule has 0 amide bonds. The Balaban J connectivity index is 2.04. The highest BCUT2D eigenvalue weighted by atomic mass is 32.1. The molecule has 3 aromatic rings. The maximum Gasteiger partial charge on any atom is 0.124 e. The van der Waals surface area contributed by atoms with E-state index in [1.54, 1.807) is 11.3 Å². The fraction of sp³-hybridized carbons (Fsp3) is 0.200. The molecule has 0 aliphatic carbocycles. The van der Waals surface area contributed by atoms with Gasteiger partial charge in [-0.15, -0.1) is 11.3 Å². The summed E-state index contributed by atoms with van der Waals surface area (Å²) in [6.45, 7) is 4.09. The highest BCUT2D eigenvalue weighted by Crippen LogP contribution is 2.32. The van der Waals surface area contributed by atoms with Gasteiger partial charge in [-0.2, -0.15) is 5.10 Å². The maximum atomic E-state index is 5.72. The van der Waals surface area contributed by atoms with Gasteiger partial charge in [-0.1, -0.05) is 0 Å². The normalized spacial score (nSPS) is 10.9. The Kier molecular flexibility index (Phi) is 3.06. The van der Waals surface area contributed by atoms with E-state index in [1.165, 1.54) is 0 Å². The molecule has 0 unspecified atom stereocenters. The van der Waals surface area contributed by atoms with Gasteiger partial charge < -0.3 is 5.73 Å². The van der Waals surface area contributed by atoms with E-state index in [9.17, 15) is 0 Å². The Morgan fingerprint density at radius 3 is 2.45 bits per heavy atom. The molecule has 0 spiro atoms. The molecule has 2 heterocycles. The second kappa shape index (κ2) is 4.76. The number of anilines is 1. The number of thiazole rings is 1. The monoisotopic (exact) mass is 284 g/mol. The number of hydrogen-bond donors (Lipinski definition) is 1. The van der Waals surface area contributed by atoms with Gasteiger partial charge in [0, 0.05) is 34.9 Å². The zero-order chi connectivity index (χ0) is 14.3. The van der Waals surface area contributed by atoms with Crippen molar-refractivity contribution in [3.8, 4) is 21.8 Å². The third kappa shape index (κ3) is 2.10. The minimum atomic E-state index is 0.768. The van der Waals surface area contributed by atoms with Crippen LogP contribution in [0.4, 0.5) is 5.69 Å². The van der Waals surface area contributed by atoms with Gasteiger partial charge >= 0.3 is 0 Å². The van der Waals surface area contributed by atoms with E-state index in [2.05, 4.69) is 17.4 Å². The predicted octanol–water partition coefficient (Wildman–Crippen LogP) is 3.41. The first-order chi connectivity index (χ1) is 9.56. The first-order valence-electron chi connectivity index (χ1n) is 6.38. The summed E-state index contributed by atoms with van der Waals surface area (Å²) in [7, 11) is 1.96. The largest absolute Gasteiger partial charge is 0.399 e. The van der Waals surface area contributed by atoms with Crippen molar-refractivity contribution in [3.05, 3.63) is 41.0 Å². The third-order valence-corrected chi connectivity index (χ3v) is 4.32. The summed E-state index contributed by atoms with van der Waals surface area (Å²) in [5.41, 5.74) is 11.8. The van der Waals surface area contributed by atoms with Crippen LogP contribution in [0.1, 0.15) is 11.4 Å². The number of aromatic nitrogens is 3. The molecular weight excluding hydrogens is 268 g/mol. The maximum absolute atomic E-state index is 5.72. The minimum Gasteiger partial charge on any atom is -0.399 e. The first-order valence-corrected chi connectivity index (χ1v) is 7.26. The molecule has 0 atom stereocenters. The molecule has 0 aliphatic rings. The zero-order valence-electron chi connectivity index (χ0n) is 11.7. The average molecular weight is 284 g/mol. The SMILES string of the molecule is Cc1nn(C)c(C)c1-c1csc(-c2ccc(N)cc2)n1. The van der Waals surface area contributed by atoms with Crippen LogP contribution < -0.4 is 5.73 Å². The molecule has 0 bridgehead atoms. The fourth-order valence-electron chi connectivity index (χ4n) is 2.29. The molecule has 5 heteroatoms. The molecule has 0 fully saturated rings. The Bertz CT molecular complexity index is 753. The summed E-state index contributed by atoms with van der Waals surface area (Å²) in [5, 5.41) is 7.53. The van der Waals surface area contributed by atoms with Gasteiger partial charge in [-0.25, -0.2) is 4.98 Å². The van der Waals surface area contributed by atoms with Crippen LogP contribution in [0.3, 0.4) is 0 Å². The molecule has 102 valence electrons. The van der Waals surface area contributed by atoms with Crippen LogP contribution in [0, 0.1) is 13.8 Å². The Morgan fingerprint density at radius 1 is 1.15 bits per heavy atom. The first kappa shape index (κ1) is 12.9. The lowest BCUT2D eigenvalue weighted by Crippen LogP contribution is -1.92. The van der Waals surface area contributed by atoms with Crippen LogP contribution in [-0.4, -0.2) is 14.8 Å². The Morgan fingerprint density at radius 2 is 1.85 bits per heavy atom. The van der Waals surface area contributed by atoms with Gasteiger partial charge in [0.25, 0.3) is 0 Å². The standard InChI is InChI=1S/C15H16N4S/c1-9-14(10(2)19(3)18-9)13-8-20-15(17-13)11-4-6-12(16)7-5-11/h4-8H,16H2,1-3H3. The summed E-state index contributed by atoms with van der Waals surface area (Å²) >= 11 is 1.64. The van der Waals surface area contributed by atoms with E-state index in [1.807, 2.05) is 42.9 Å². The van der Waals surface area contributed by atoms with Crippen LogP contribution in [0.5, 0.6) is 0 Å². The molecule has 4 nitrogen and oxygen atoms in total. The zero-order valence-corrected chi connectivity index (χ0v) is 12.5. The smallest absolute Gasteiger partial charge is 0.124 e. The highest BCUT2D eigenvalue weighted by Gasteiger charge is 2.15. The molecule has 0 saturated carbocycles. The van der Waals surface area contributed by atoms with E-state index < -0.39 is 0 Å². The third-order valence-electron chi connectivity index (χ3n) is 3.43. The van der Waals surface area contributed by atoms with Crippen LogP contribution in [0.25, 0.3) is 21.8 Å². The number of aryl methyl sites for hydroxylation is 2. The van der Waals surface area contributed by atoms with Crippen LogP contribution >= 0.6 is 11.3 Å². The molecule has 2 N–H and O–H groups in total. The Hall–Kier alpha value is -2.14. The molecule has 1 aromatic carbocycles. The Labute approximate surface area is 121 Å². The van der Waals surface area contributed by atoms with Gasteiger partial charge in [-0.05, 0) is 38.1 Å². The van der Waals surface area contributed by atoms with E-state index in [4.69, 9.17) is 10.7 Å². The topological polar surface area (TPSA) is 56.7 Å². The number of benzene rings is 1. The second-order valence-electron chi connectivity index (χ2n) is 4.83. The molecule has 0 radical (unpaired) electrons. The minimum absolute atomic E-state index is 0.768. The van der Waals surface area contributed by atoms with Crippen molar-refractivity contribution < 1.29 is 0 Å². The number of nitrogens with zero attached hydrogens (tertiary/aromatic N) is 3. The average Bonchev–Trinajstić information content (AvgIpc) is 2.97. The molecule has 20 heavy (non-hydrogen) atoms. The van der Waals surface area contributed by atoms with Gasteiger partial charge in [0.05, 0.1) is 11.4 Å². The van der Waals surface area contributed by atoms with Crippen LogP contribution in [0.15, 0.2) is 29.6 Å². The van der Waals surface area contributed by atoms with Crippen molar-refractivity contribution >= 4 is 17.0 Å². The van der Waals surface area contributed by atoms with Gasteiger partial charge in [0.15, 0.2) is 0 Å². The van der Waals surface area contributed by atoms with Crippen molar-refractivity contribution in [2.24, 2.45) is 7.05 Å². The van der Waals surface area contributed by atoms with Gasteiger partial charge in [0.2, 0.25) is 0 Å². The van der Waals surface area contributed by atoms with Crippen molar-refractivity contribution in [2.75, 3.05) is 5.73 Å². The number of rotatable bonds is 2. The number of nitrogens with two attached hydrogens (primary N) is 1. The van der Waals surface area contributed by atoms with E-state index in [-0.39, 0.29) is 0 Å². The van der Waals surface area contributed by atoms with Crippen molar-refractivity contribution in [3.63, 3.8) is 0 Å². The van der Waals surface area contributed by atoms with Crippen molar-refractivity contribution in [1.29, 1.82) is 0 Å².